The summed E-state index contributed by atoms with van der Waals surface area (Å²) in [4.78, 5) is 8.18. The Balaban J connectivity index is 2.16. The van der Waals surface area contributed by atoms with E-state index in [0.717, 1.165) is 0 Å². The molecule has 0 aliphatic heterocycles. The van der Waals surface area contributed by atoms with Gasteiger partial charge in [0, 0.05) is 12.8 Å². The van der Waals surface area contributed by atoms with Gasteiger partial charge in [0.25, 0.3) is 5.89 Å². The molecule has 2 aromatic heterocycles. The van der Waals surface area contributed by atoms with E-state index >= 15 is 0 Å². The van der Waals surface area contributed by atoms with Gasteiger partial charge < -0.3 is 9.26 Å². The maximum atomic E-state index is 8.64. The van der Waals surface area contributed by atoms with E-state index in [0.29, 0.717) is 36.2 Å². The van der Waals surface area contributed by atoms with Crippen LogP contribution in [0.4, 0.5) is 0 Å². The summed E-state index contributed by atoms with van der Waals surface area (Å²) < 4.78 is 10.2. The largest absolute Gasteiger partial charge is 0.374 e. The van der Waals surface area contributed by atoms with Gasteiger partial charge in [-0.1, -0.05) is 5.16 Å². The van der Waals surface area contributed by atoms with Crippen LogP contribution in [0.3, 0.4) is 0 Å². The highest BCUT2D eigenvalue weighted by Gasteiger charge is 2.09. The summed E-state index contributed by atoms with van der Waals surface area (Å²) in [5, 5.41) is 12.4. The molecule has 2 heterocycles. The minimum atomic E-state index is 0.316. The minimum Gasteiger partial charge on any atom is -0.374 e. The zero-order valence-corrected chi connectivity index (χ0v) is 9.25. The van der Waals surface area contributed by atoms with Crippen LogP contribution < -0.4 is 0 Å². The quantitative estimate of drug-likeness (QED) is 0.791. The average molecular weight is 230 g/mol. The fourth-order valence-electron chi connectivity index (χ4n) is 1.20. The lowest BCUT2D eigenvalue weighted by Crippen LogP contribution is -1.93. The lowest BCUT2D eigenvalue weighted by molar-refractivity contribution is 0.126. The molecule has 0 spiro atoms. The molecule has 0 aliphatic rings. The van der Waals surface area contributed by atoms with Crippen LogP contribution in [0.15, 0.2) is 22.9 Å². The zero-order chi connectivity index (χ0) is 12.1. The molecular weight excluding hydrogens is 220 g/mol. The summed E-state index contributed by atoms with van der Waals surface area (Å²) >= 11 is 0. The van der Waals surface area contributed by atoms with Crippen LogP contribution in [0, 0.1) is 11.3 Å². The van der Waals surface area contributed by atoms with E-state index in [9.17, 15) is 0 Å². The molecule has 0 saturated heterocycles. The van der Waals surface area contributed by atoms with Crippen LogP contribution in [0.1, 0.15) is 18.3 Å². The van der Waals surface area contributed by atoms with Crippen LogP contribution in [0.25, 0.3) is 11.6 Å². The Labute approximate surface area is 97.9 Å². The molecule has 0 bridgehead atoms. The summed E-state index contributed by atoms with van der Waals surface area (Å²) in [6, 6.07) is 5.30. The molecule has 2 rings (SSSR count). The molecule has 0 aromatic carbocycles. The highest BCUT2D eigenvalue weighted by atomic mass is 16.5. The molecule has 0 saturated carbocycles. The molecule has 0 N–H and O–H groups in total. The second kappa shape index (κ2) is 5.18. The van der Waals surface area contributed by atoms with Gasteiger partial charge in [0.15, 0.2) is 5.82 Å². The molecule has 0 aliphatic carbocycles. The van der Waals surface area contributed by atoms with Crippen molar-refractivity contribution in [1.82, 2.24) is 15.1 Å². The Morgan fingerprint density at radius 3 is 3.00 bits per heavy atom. The predicted molar refractivity (Wildman–Crippen MR) is 57.6 cm³/mol. The Bertz CT molecular complexity index is 527. The Kier molecular flexibility index (Phi) is 3.43. The summed E-state index contributed by atoms with van der Waals surface area (Å²) in [7, 11) is 0. The van der Waals surface area contributed by atoms with Crippen molar-refractivity contribution in [3.63, 3.8) is 0 Å². The zero-order valence-electron chi connectivity index (χ0n) is 9.25. The van der Waals surface area contributed by atoms with Crippen molar-refractivity contribution in [3.8, 4) is 17.7 Å². The van der Waals surface area contributed by atoms with Gasteiger partial charge in [-0.15, -0.1) is 0 Å². The van der Waals surface area contributed by atoms with E-state index in [-0.39, 0.29) is 0 Å². The van der Waals surface area contributed by atoms with Gasteiger partial charge in [0.05, 0.1) is 5.56 Å². The van der Waals surface area contributed by atoms with Crippen molar-refractivity contribution in [3.05, 3.63) is 29.7 Å². The number of hydrogen-bond acceptors (Lipinski definition) is 6. The van der Waals surface area contributed by atoms with Crippen LogP contribution in [0.5, 0.6) is 0 Å². The molecule has 0 unspecified atom stereocenters. The SMILES string of the molecule is CCOCc1noc(-c2ccc(C#N)cn2)n1. The minimum absolute atomic E-state index is 0.316. The fourth-order valence-corrected chi connectivity index (χ4v) is 1.20. The molecule has 86 valence electrons. The van der Waals surface area contributed by atoms with Gasteiger partial charge in [-0.3, -0.25) is 0 Å². The monoisotopic (exact) mass is 230 g/mol. The number of aromatic nitrogens is 3. The van der Waals surface area contributed by atoms with Crippen molar-refractivity contribution in [2.75, 3.05) is 6.61 Å². The number of pyridine rings is 1. The van der Waals surface area contributed by atoms with Gasteiger partial charge in [-0.2, -0.15) is 10.2 Å². The van der Waals surface area contributed by atoms with Crippen LogP contribution in [-0.2, 0) is 11.3 Å². The maximum absolute atomic E-state index is 8.64. The van der Waals surface area contributed by atoms with E-state index in [1.807, 2.05) is 13.0 Å². The summed E-state index contributed by atoms with van der Waals surface area (Å²) in [5.74, 6) is 0.803. The summed E-state index contributed by atoms with van der Waals surface area (Å²) in [6.45, 7) is 2.80. The predicted octanol–water partition coefficient (Wildman–Crippen LogP) is 1.54. The molecule has 0 radical (unpaired) electrons. The van der Waals surface area contributed by atoms with Gasteiger partial charge >= 0.3 is 0 Å². The first kappa shape index (κ1) is 11.2. The molecule has 0 atom stereocenters. The summed E-state index contributed by atoms with van der Waals surface area (Å²) in [6.07, 6.45) is 1.46. The third kappa shape index (κ3) is 2.65. The summed E-state index contributed by atoms with van der Waals surface area (Å²) in [5.41, 5.74) is 1.03. The smallest absolute Gasteiger partial charge is 0.276 e. The molecule has 6 heteroatoms. The normalized spacial score (nSPS) is 10.1. The van der Waals surface area contributed by atoms with E-state index in [1.54, 1.807) is 12.1 Å². The Morgan fingerprint density at radius 2 is 2.35 bits per heavy atom. The average Bonchev–Trinajstić information content (AvgIpc) is 2.85. The van der Waals surface area contributed by atoms with Crippen molar-refractivity contribution in [2.24, 2.45) is 0 Å². The van der Waals surface area contributed by atoms with Crippen molar-refractivity contribution in [1.29, 1.82) is 5.26 Å². The number of nitrogens with zero attached hydrogens (tertiary/aromatic N) is 4. The van der Waals surface area contributed by atoms with Crippen molar-refractivity contribution < 1.29 is 9.26 Å². The Morgan fingerprint density at radius 1 is 1.47 bits per heavy atom. The van der Waals surface area contributed by atoms with E-state index < -0.39 is 0 Å². The third-order valence-corrected chi connectivity index (χ3v) is 2.02. The van der Waals surface area contributed by atoms with E-state index in [2.05, 4.69) is 15.1 Å². The third-order valence-electron chi connectivity index (χ3n) is 2.02. The fraction of sp³-hybridized carbons (Fsp3) is 0.273. The first-order valence-corrected chi connectivity index (χ1v) is 5.10. The van der Waals surface area contributed by atoms with Gasteiger partial charge in [-0.05, 0) is 19.1 Å². The maximum Gasteiger partial charge on any atom is 0.276 e. The van der Waals surface area contributed by atoms with Crippen LogP contribution in [0.2, 0.25) is 0 Å². The first-order valence-electron chi connectivity index (χ1n) is 5.10. The molecule has 0 amide bonds. The number of hydrogen-bond donors (Lipinski definition) is 0. The van der Waals surface area contributed by atoms with Crippen molar-refractivity contribution >= 4 is 0 Å². The van der Waals surface area contributed by atoms with E-state index in [1.165, 1.54) is 6.20 Å². The van der Waals surface area contributed by atoms with Crippen LogP contribution >= 0.6 is 0 Å². The molecular formula is C11H10N4O2. The van der Waals surface area contributed by atoms with Crippen molar-refractivity contribution in [2.45, 2.75) is 13.5 Å². The highest BCUT2D eigenvalue weighted by molar-refractivity contribution is 5.47. The van der Waals surface area contributed by atoms with Gasteiger partial charge in [0.1, 0.15) is 18.4 Å². The number of rotatable bonds is 4. The molecule has 17 heavy (non-hydrogen) atoms. The number of nitriles is 1. The second-order valence-electron chi connectivity index (χ2n) is 3.20. The highest BCUT2D eigenvalue weighted by Crippen LogP contribution is 2.14. The second-order valence-corrected chi connectivity index (χ2v) is 3.20. The Hall–Kier alpha value is -2.26. The lowest BCUT2D eigenvalue weighted by Gasteiger charge is -1.93. The number of ether oxygens (including phenoxy) is 1. The van der Waals surface area contributed by atoms with E-state index in [4.69, 9.17) is 14.5 Å². The topological polar surface area (TPSA) is 84.8 Å². The molecule has 2 aromatic rings. The standard InChI is InChI=1S/C11H10N4O2/c1-2-16-7-10-14-11(17-15-10)9-4-3-8(5-12)6-13-9/h3-4,6H,2,7H2,1H3. The van der Waals surface area contributed by atoms with Gasteiger partial charge in [-0.25, -0.2) is 4.98 Å². The molecule has 6 nitrogen and oxygen atoms in total. The molecule has 0 fully saturated rings. The first-order chi connectivity index (χ1) is 8.33. The van der Waals surface area contributed by atoms with Gasteiger partial charge in [0.2, 0.25) is 0 Å². The lowest BCUT2D eigenvalue weighted by atomic mass is 10.3. The van der Waals surface area contributed by atoms with Crippen LogP contribution in [-0.4, -0.2) is 21.7 Å².